The number of ether oxygens (including phenoxy) is 1. The van der Waals surface area contributed by atoms with Gasteiger partial charge in [-0.25, -0.2) is 0 Å². The zero-order valence-corrected chi connectivity index (χ0v) is 16.5. The van der Waals surface area contributed by atoms with Crippen molar-refractivity contribution in [3.8, 4) is 11.5 Å². The molecule has 2 heteroatoms. The molecule has 1 atom stereocenters. The van der Waals surface area contributed by atoms with Gasteiger partial charge in [0.2, 0.25) is 0 Å². The summed E-state index contributed by atoms with van der Waals surface area (Å²) in [5.74, 6) is 1.20. The third-order valence-electron chi connectivity index (χ3n) is 6.13. The summed E-state index contributed by atoms with van der Waals surface area (Å²) in [6.45, 7) is 6.62. The van der Waals surface area contributed by atoms with Crippen LogP contribution in [0.5, 0.6) is 11.5 Å². The van der Waals surface area contributed by atoms with Crippen LogP contribution in [0.1, 0.15) is 38.3 Å². The van der Waals surface area contributed by atoms with Gasteiger partial charge in [-0.2, -0.15) is 0 Å². The van der Waals surface area contributed by atoms with Crippen LogP contribution in [0, 0.1) is 0 Å². The van der Waals surface area contributed by atoms with Gasteiger partial charge in [-0.15, -0.1) is 0 Å². The van der Waals surface area contributed by atoms with Crippen molar-refractivity contribution in [1.29, 1.82) is 0 Å². The normalized spacial score (nSPS) is 20.7. The van der Waals surface area contributed by atoms with E-state index in [1.807, 2.05) is 24.3 Å². The van der Waals surface area contributed by atoms with Gasteiger partial charge in [0.1, 0.15) is 17.1 Å². The number of phenolic OH excluding ortho intramolecular Hbond substituents is 1. The Bertz CT molecular complexity index is 1220. The lowest BCUT2D eigenvalue weighted by atomic mass is 9.70. The number of aromatic hydroxyl groups is 1. The molecule has 1 aliphatic heterocycles. The molecule has 5 rings (SSSR count). The number of phenols is 1. The molecule has 0 bridgehead atoms. The molecule has 0 spiro atoms. The van der Waals surface area contributed by atoms with Crippen LogP contribution in [-0.4, -0.2) is 5.11 Å². The number of hydrogen-bond acceptors (Lipinski definition) is 2. The molecule has 0 aromatic heterocycles. The van der Waals surface area contributed by atoms with Gasteiger partial charge in [0.25, 0.3) is 0 Å². The minimum absolute atomic E-state index is 0.0789. The molecule has 0 radical (unpaired) electrons. The fourth-order valence-electron chi connectivity index (χ4n) is 4.85. The van der Waals surface area contributed by atoms with Crippen molar-refractivity contribution in [1.82, 2.24) is 0 Å². The van der Waals surface area contributed by atoms with Crippen LogP contribution in [0.15, 0.2) is 72.8 Å². The van der Waals surface area contributed by atoms with Crippen LogP contribution in [0.4, 0.5) is 0 Å². The van der Waals surface area contributed by atoms with Crippen molar-refractivity contribution >= 4 is 21.5 Å². The van der Waals surface area contributed by atoms with Crippen LogP contribution in [-0.2, 0) is 11.0 Å². The first-order chi connectivity index (χ1) is 13.4. The summed E-state index contributed by atoms with van der Waals surface area (Å²) in [5.41, 5.74) is 1.39. The second-order valence-corrected chi connectivity index (χ2v) is 8.81. The highest BCUT2D eigenvalue weighted by atomic mass is 16.5. The van der Waals surface area contributed by atoms with E-state index in [1.165, 1.54) is 16.3 Å². The summed E-state index contributed by atoms with van der Waals surface area (Å²) in [5, 5.41) is 15.4. The minimum atomic E-state index is -0.604. The van der Waals surface area contributed by atoms with E-state index in [4.69, 9.17) is 4.74 Å². The smallest absolute Gasteiger partial charge is 0.136 e. The third kappa shape index (κ3) is 2.56. The Morgan fingerprint density at radius 3 is 1.82 bits per heavy atom. The van der Waals surface area contributed by atoms with E-state index in [-0.39, 0.29) is 5.41 Å². The number of hydrogen-bond donors (Lipinski definition) is 1. The maximum atomic E-state index is 10.8. The van der Waals surface area contributed by atoms with E-state index < -0.39 is 5.60 Å². The SMILES string of the molecule is CC1(C)CC(C)(c2cc3ccccc3cc2O)Oc2cc3ccccc3cc21. The molecule has 1 aliphatic rings. The van der Waals surface area contributed by atoms with Gasteiger partial charge in [-0.1, -0.05) is 62.4 Å². The van der Waals surface area contributed by atoms with Gasteiger partial charge in [0.05, 0.1) is 0 Å². The van der Waals surface area contributed by atoms with E-state index in [0.717, 1.165) is 28.5 Å². The molecular weight excluding hydrogens is 344 g/mol. The maximum absolute atomic E-state index is 10.8. The predicted octanol–water partition coefficient (Wildman–Crippen LogP) is 6.67. The third-order valence-corrected chi connectivity index (χ3v) is 6.13. The maximum Gasteiger partial charge on any atom is 0.136 e. The summed E-state index contributed by atoms with van der Waals surface area (Å²) in [4.78, 5) is 0. The number of fused-ring (bicyclic) bond motifs is 3. The Morgan fingerprint density at radius 1 is 0.714 bits per heavy atom. The first kappa shape index (κ1) is 17.1. The molecule has 0 aliphatic carbocycles. The monoisotopic (exact) mass is 368 g/mol. The van der Waals surface area contributed by atoms with Crippen LogP contribution in [0.2, 0.25) is 0 Å². The second kappa shape index (κ2) is 5.75. The van der Waals surface area contributed by atoms with E-state index in [0.29, 0.717) is 5.75 Å². The zero-order chi connectivity index (χ0) is 19.5. The molecular formula is C26H24O2. The molecule has 140 valence electrons. The summed E-state index contributed by atoms with van der Waals surface area (Å²) < 4.78 is 6.62. The Balaban J connectivity index is 1.70. The van der Waals surface area contributed by atoms with Gasteiger partial charge < -0.3 is 9.84 Å². The summed E-state index contributed by atoms with van der Waals surface area (Å²) in [7, 11) is 0. The lowest BCUT2D eigenvalue weighted by Gasteiger charge is -2.45. The topological polar surface area (TPSA) is 29.5 Å². The molecule has 0 fully saturated rings. The van der Waals surface area contributed by atoms with E-state index >= 15 is 0 Å². The van der Waals surface area contributed by atoms with E-state index in [2.05, 4.69) is 69.3 Å². The molecule has 0 saturated heterocycles. The van der Waals surface area contributed by atoms with Gasteiger partial charge in [0, 0.05) is 17.5 Å². The zero-order valence-electron chi connectivity index (χ0n) is 16.5. The first-order valence-electron chi connectivity index (χ1n) is 9.80. The van der Waals surface area contributed by atoms with Gasteiger partial charge in [-0.3, -0.25) is 0 Å². The molecule has 1 heterocycles. The summed E-state index contributed by atoms with van der Waals surface area (Å²) >= 11 is 0. The van der Waals surface area contributed by atoms with E-state index in [9.17, 15) is 5.11 Å². The number of benzene rings is 4. The van der Waals surface area contributed by atoms with Crippen molar-refractivity contribution in [3.63, 3.8) is 0 Å². The molecule has 0 saturated carbocycles. The summed E-state index contributed by atoms with van der Waals surface area (Å²) in [6, 6.07) is 24.8. The lowest BCUT2D eigenvalue weighted by Crippen LogP contribution is -2.41. The van der Waals surface area contributed by atoms with Crippen LogP contribution in [0.3, 0.4) is 0 Å². The number of rotatable bonds is 1. The lowest BCUT2D eigenvalue weighted by molar-refractivity contribution is 0.0309. The second-order valence-electron chi connectivity index (χ2n) is 8.81. The molecule has 28 heavy (non-hydrogen) atoms. The van der Waals surface area contributed by atoms with Crippen LogP contribution >= 0.6 is 0 Å². The molecule has 1 N–H and O–H groups in total. The largest absolute Gasteiger partial charge is 0.507 e. The van der Waals surface area contributed by atoms with Crippen LogP contribution < -0.4 is 4.74 Å². The minimum Gasteiger partial charge on any atom is -0.507 e. The van der Waals surface area contributed by atoms with Crippen molar-refractivity contribution in [2.24, 2.45) is 0 Å². The molecule has 2 nitrogen and oxygen atoms in total. The van der Waals surface area contributed by atoms with Gasteiger partial charge in [-0.05, 0) is 58.1 Å². The van der Waals surface area contributed by atoms with Crippen molar-refractivity contribution in [2.75, 3.05) is 0 Å². The molecule has 0 amide bonds. The molecule has 4 aromatic rings. The molecule has 1 unspecified atom stereocenters. The Labute approximate surface area is 165 Å². The van der Waals surface area contributed by atoms with Crippen molar-refractivity contribution in [3.05, 3.63) is 83.9 Å². The van der Waals surface area contributed by atoms with Crippen LogP contribution in [0.25, 0.3) is 21.5 Å². The van der Waals surface area contributed by atoms with E-state index in [1.54, 1.807) is 0 Å². The van der Waals surface area contributed by atoms with Gasteiger partial charge in [0.15, 0.2) is 0 Å². The quantitative estimate of drug-likeness (QED) is 0.406. The Kier molecular flexibility index (Phi) is 3.51. The van der Waals surface area contributed by atoms with Crippen molar-refractivity contribution in [2.45, 2.75) is 38.2 Å². The fraction of sp³-hybridized carbons (Fsp3) is 0.231. The molecule has 4 aromatic carbocycles. The fourth-order valence-corrected chi connectivity index (χ4v) is 4.85. The Hall–Kier alpha value is -3.00. The highest BCUT2D eigenvalue weighted by molar-refractivity contribution is 5.86. The first-order valence-corrected chi connectivity index (χ1v) is 9.80. The summed E-state index contributed by atoms with van der Waals surface area (Å²) in [6.07, 6.45) is 0.789. The highest BCUT2D eigenvalue weighted by Crippen LogP contribution is 2.51. The van der Waals surface area contributed by atoms with Gasteiger partial charge >= 0.3 is 0 Å². The standard InChI is InChI=1S/C26H24O2/c1-25(2)16-26(3,21-12-17-8-4-6-10-19(17)14-23(21)27)28-24-15-20-11-7-5-9-18(20)13-22(24)25/h4-15,27H,16H2,1-3H3. The van der Waals surface area contributed by atoms with Crippen molar-refractivity contribution < 1.29 is 9.84 Å². The average molecular weight is 368 g/mol. The Morgan fingerprint density at radius 2 is 1.21 bits per heavy atom. The predicted molar refractivity (Wildman–Crippen MR) is 115 cm³/mol. The average Bonchev–Trinajstić information content (AvgIpc) is 2.65. The highest BCUT2D eigenvalue weighted by Gasteiger charge is 2.44.